The van der Waals surface area contributed by atoms with Gasteiger partial charge in [-0.2, -0.15) is 0 Å². The van der Waals surface area contributed by atoms with Gasteiger partial charge in [0, 0.05) is 32.1 Å². The fourth-order valence-electron chi connectivity index (χ4n) is 3.43. The highest BCUT2D eigenvalue weighted by Gasteiger charge is 2.38. The minimum atomic E-state index is 0.00264. The van der Waals surface area contributed by atoms with E-state index in [0.29, 0.717) is 31.3 Å². The summed E-state index contributed by atoms with van der Waals surface area (Å²) in [6.07, 6.45) is 3.67. The van der Waals surface area contributed by atoms with Crippen molar-refractivity contribution in [3.63, 3.8) is 0 Å². The Morgan fingerprint density at radius 1 is 1.28 bits per heavy atom. The van der Waals surface area contributed by atoms with Crippen LogP contribution >= 0.6 is 0 Å². The minimum Gasteiger partial charge on any atom is -0.355 e. The van der Waals surface area contributed by atoms with Crippen LogP contribution in [-0.2, 0) is 9.59 Å². The van der Waals surface area contributed by atoms with Gasteiger partial charge in [0.25, 0.3) is 0 Å². The van der Waals surface area contributed by atoms with Gasteiger partial charge >= 0.3 is 0 Å². The van der Waals surface area contributed by atoms with Crippen LogP contribution < -0.4 is 10.6 Å². The Hall–Kier alpha value is -1.10. The number of piperidine rings is 2. The van der Waals surface area contributed by atoms with Crippen molar-refractivity contribution in [3.05, 3.63) is 0 Å². The van der Waals surface area contributed by atoms with Gasteiger partial charge in [-0.1, -0.05) is 0 Å². The van der Waals surface area contributed by atoms with E-state index in [-0.39, 0.29) is 17.7 Å². The maximum Gasteiger partial charge on any atom is 0.227 e. The summed E-state index contributed by atoms with van der Waals surface area (Å²) in [6.45, 7) is 3.37. The second-order valence-corrected chi connectivity index (χ2v) is 5.75. The van der Waals surface area contributed by atoms with Gasteiger partial charge in [0.2, 0.25) is 11.8 Å². The topological polar surface area (TPSA) is 61.4 Å². The lowest BCUT2D eigenvalue weighted by Gasteiger charge is -2.26. The highest BCUT2D eigenvalue weighted by atomic mass is 16.2. The van der Waals surface area contributed by atoms with E-state index in [2.05, 4.69) is 10.6 Å². The van der Waals surface area contributed by atoms with E-state index >= 15 is 0 Å². The first-order valence-electron chi connectivity index (χ1n) is 7.03. The first-order chi connectivity index (χ1) is 8.74. The lowest BCUT2D eigenvalue weighted by molar-refractivity contribution is -0.136. The Labute approximate surface area is 107 Å². The second kappa shape index (κ2) is 4.88. The molecule has 0 radical (unpaired) electrons. The molecule has 3 heterocycles. The zero-order valence-electron chi connectivity index (χ0n) is 10.7. The zero-order chi connectivity index (χ0) is 12.5. The highest BCUT2D eigenvalue weighted by molar-refractivity contribution is 5.84. The standard InChI is InChI=1S/C13H21N3O2/c17-12-4-3-9(6-15-12)13(18)16-7-10-2-1-5-14-11(10)8-16/h9-11,14H,1-8H2,(H,15,17)/t9?,10-,11+/m0/s1. The van der Waals surface area contributed by atoms with Gasteiger partial charge in [0.05, 0.1) is 5.92 Å². The molecule has 0 saturated carbocycles. The first kappa shape index (κ1) is 12.0. The molecule has 3 saturated heterocycles. The van der Waals surface area contributed by atoms with Crippen molar-refractivity contribution >= 4 is 11.8 Å². The number of carbonyl (C=O) groups excluding carboxylic acids is 2. The van der Waals surface area contributed by atoms with Gasteiger partial charge in [0.1, 0.15) is 0 Å². The predicted octanol–water partition coefficient (Wildman–Crippen LogP) is -0.277. The smallest absolute Gasteiger partial charge is 0.227 e. The third-order valence-corrected chi connectivity index (χ3v) is 4.53. The molecule has 3 atom stereocenters. The van der Waals surface area contributed by atoms with Crippen molar-refractivity contribution in [3.8, 4) is 0 Å². The zero-order valence-corrected chi connectivity index (χ0v) is 10.7. The average Bonchev–Trinajstić information content (AvgIpc) is 2.82. The maximum atomic E-state index is 12.4. The quantitative estimate of drug-likeness (QED) is 0.674. The highest BCUT2D eigenvalue weighted by Crippen LogP contribution is 2.27. The number of nitrogens with one attached hydrogen (secondary N) is 2. The van der Waals surface area contributed by atoms with E-state index < -0.39 is 0 Å². The molecule has 0 aromatic rings. The molecule has 3 rings (SSSR count). The summed E-state index contributed by atoms with van der Waals surface area (Å²) in [5.74, 6) is 0.964. The van der Waals surface area contributed by atoms with Gasteiger partial charge in [-0.25, -0.2) is 0 Å². The van der Waals surface area contributed by atoms with Crippen LogP contribution in [0.25, 0.3) is 0 Å². The minimum absolute atomic E-state index is 0.00264. The molecule has 100 valence electrons. The largest absolute Gasteiger partial charge is 0.355 e. The van der Waals surface area contributed by atoms with Crippen molar-refractivity contribution in [2.75, 3.05) is 26.2 Å². The Bertz CT molecular complexity index is 334. The molecule has 1 unspecified atom stereocenters. The molecule has 3 fully saturated rings. The summed E-state index contributed by atoms with van der Waals surface area (Å²) >= 11 is 0. The van der Waals surface area contributed by atoms with Crippen LogP contribution in [0.5, 0.6) is 0 Å². The average molecular weight is 251 g/mol. The summed E-state index contributed by atoms with van der Waals surface area (Å²) in [4.78, 5) is 25.5. The van der Waals surface area contributed by atoms with Crippen LogP contribution in [0.1, 0.15) is 25.7 Å². The number of rotatable bonds is 1. The summed E-state index contributed by atoms with van der Waals surface area (Å²) in [5.41, 5.74) is 0. The maximum absolute atomic E-state index is 12.4. The number of nitrogens with zero attached hydrogens (tertiary/aromatic N) is 1. The predicted molar refractivity (Wildman–Crippen MR) is 66.8 cm³/mol. The van der Waals surface area contributed by atoms with Gasteiger partial charge < -0.3 is 15.5 Å². The number of amides is 2. The molecule has 5 nitrogen and oxygen atoms in total. The van der Waals surface area contributed by atoms with E-state index in [0.717, 1.165) is 19.6 Å². The van der Waals surface area contributed by atoms with E-state index in [1.165, 1.54) is 12.8 Å². The number of hydrogen-bond acceptors (Lipinski definition) is 3. The molecule has 2 N–H and O–H groups in total. The van der Waals surface area contributed by atoms with Gasteiger partial charge in [0.15, 0.2) is 0 Å². The lowest BCUT2D eigenvalue weighted by Crippen LogP contribution is -2.45. The number of likely N-dealkylation sites (tertiary alicyclic amines) is 1. The Morgan fingerprint density at radius 3 is 2.89 bits per heavy atom. The van der Waals surface area contributed by atoms with Crippen LogP contribution in [0.4, 0.5) is 0 Å². The molecule has 0 aromatic heterocycles. The molecule has 0 spiro atoms. The molecule has 0 aliphatic carbocycles. The van der Waals surface area contributed by atoms with Crippen LogP contribution in [0, 0.1) is 11.8 Å². The van der Waals surface area contributed by atoms with Crippen LogP contribution in [0.3, 0.4) is 0 Å². The molecule has 3 aliphatic rings. The molecular formula is C13H21N3O2. The van der Waals surface area contributed by atoms with Crippen molar-refractivity contribution in [2.24, 2.45) is 11.8 Å². The van der Waals surface area contributed by atoms with Crippen molar-refractivity contribution in [2.45, 2.75) is 31.7 Å². The van der Waals surface area contributed by atoms with E-state index in [1.54, 1.807) is 0 Å². The van der Waals surface area contributed by atoms with E-state index in [1.807, 2.05) is 4.90 Å². The fourth-order valence-corrected chi connectivity index (χ4v) is 3.43. The Kier molecular flexibility index (Phi) is 3.24. The Balaban J connectivity index is 1.58. The first-order valence-corrected chi connectivity index (χ1v) is 7.03. The summed E-state index contributed by atoms with van der Waals surface area (Å²) in [6, 6.07) is 0.501. The van der Waals surface area contributed by atoms with E-state index in [4.69, 9.17) is 0 Å². The lowest BCUT2D eigenvalue weighted by atomic mass is 9.94. The van der Waals surface area contributed by atoms with Gasteiger partial charge in [-0.05, 0) is 31.7 Å². The molecule has 5 heteroatoms. The molecule has 0 aromatic carbocycles. The summed E-state index contributed by atoms with van der Waals surface area (Å²) in [5, 5.41) is 6.31. The second-order valence-electron chi connectivity index (χ2n) is 5.75. The van der Waals surface area contributed by atoms with Crippen LogP contribution in [0.15, 0.2) is 0 Å². The van der Waals surface area contributed by atoms with Crippen LogP contribution in [-0.4, -0.2) is 48.9 Å². The molecule has 0 bridgehead atoms. The van der Waals surface area contributed by atoms with Crippen molar-refractivity contribution in [1.82, 2.24) is 15.5 Å². The fraction of sp³-hybridized carbons (Fsp3) is 0.846. The third-order valence-electron chi connectivity index (χ3n) is 4.53. The van der Waals surface area contributed by atoms with Gasteiger partial charge in [-0.15, -0.1) is 0 Å². The molecular weight excluding hydrogens is 230 g/mol. The molecule has 18 heavy (non-hydrogen) atoms. The molecule has 2 amide bonds. The van der Waals surface area contributed by atoms with Crippen LogP contribution in [0.2, 0.25) is 0 Å². The number of hydrogen-bond donors (Lipinski definition) is 2. The normalized spacial score (nSPS) is 36.1. The van der Waals surface area contributed by atoms with E-state index in [9.17, 15) is 9.59 Å². The van der Waals surface area contributed by atoms with Crippen molar-refractivity contribution < 1.29 is 9.59 Å². The monoisotopic (exact) mass is 251 g/mol. The number of fused-ring (bicyclic) bond motifs is 1. The van der Waals surface area contributed by atoms with Crippen molar-refractivity contribution in [1.29, 1.82) is 0 Å². The third kappa shape index (κ3) is 2.23. The summed E-state index contributed by atoms with van der Waals surface area (Å²) in [7, 11) is 0. The summed E-state index contributed by atoms with van der Waals surface area (Å²) < 4.78 is 0. The van der Waals surface area contributed by atoms with Gasteiger partial charge in [-0.3, -0.25) is 9.59 Å². The number of carbonyl (C=O) groups is 2. The molecule has 3 aliphatic heterocycles. The Morgan fingerprint density at radius 2 is 2.17 bits per heavy atom. The SMILES string of the molecule is O=C1CCC(C(=O)N2C[C@@H]3CCCN[C@@H]3C2)CN1.